The first-order valence-corrected chi connectivity index (χ1v) is 6.91. The minimum absolute atomic E-state index is 0.324. The van der Waals surface area contributed by atoms with Crippen LogP contribution in [0, 0.1) is 5.82 Å². The van der Waals surface area contributed by atoms with Crippen LogP contribution in [-0.4, -0.2) is 0 Å². The van der Waals surface area contributed by atoms with Gasteiger partial charge in [-0.25, -0.2) is 4.39 Å². The Hall–Kier alpha value is 0.01000. The maximum Gasteiger partial charge on any atom is 0.129 e. The van der Waals surface area contributed by atoms with Crippen LogP contribution in [-0.2, 0) is 0 Å². The summed E-state index contributed by atoms with van der Waals surface area (Å²) in [5.74, 6) is -0.462. The van der Waals surface area contributed by atoms with Gasteiger partial charge in [0.05, 0.1) is 14.0 Å². The van der Waals surface area contributed by atoms with E-state index in [0.29, 0.717) is 24.8 Å². The van der Waals surface area contributed by atoms with E-state index in [-0.39, 0.29) is 0 Å². The molecule has 0 saturated carbocycles. The largest absolute Gasteiger partial charge is 0.207 e. The summed E-state index contributed by atoms with van der Waals surface area (Å²) in [6.45, 7) is 0. The molecule has 2 aromatic rings. The Morgan fingerprint density at radius 3 is 2.29 bits per heavy atom. The standard InChI is InChI=1S/C11H5Cl4FS/c12-5-1-2-6(8(16)3-5)10(14)7-4-9(13)17-11(7)15/h1-4,10H. The van der Waals surface area contributed by atoms with Crippen LogP contribution in [0.15, 0.2) is 24.3 Å². The van der Waals surface area contributed by atoms with Crippen molar-refractivity contribution in [3.63, 3.8) is 0 Å². The highest BCUT2D eigenvalue weighted by molar-refractivity contribution is 7.20. The van der Waals surface area contributed by atoms with Gasteiger partial charge < -0.3 is 0 Å². The number of thiophene rings is 1. The molecule has 0 amide bonds. The van der Waals surface area contributed by atoms with E-state index in [1.54, 1.807) is 12.1 Å². The van der Waals surface area contributed by atoms with Crippen molar-refractivity contribution < 1.29 is 4.39 Å². The summed E-state index contributed by atoms with van der Waals surface area (Å²) in [6, 6.07) is 5.98. The van der Waals surface area contributed by atoms with Crippen LogP contribution in [0.2, 0.25) is 13.7 Å². The van der Waals surface area contributed by atoms with E-state index in [9.17, 15) is 4.39 Å². The van der Waals surface area contributed by atoms with E-state index >= 15 is 0 Å². The molecule has 0 aliphatic carbocycles. The zero-order valence-corrected chi connectivity index (χ0v) is 12.0. The minimum Gasteiger partial charge on any atom is -0.207 e. The quantitative estimate of drug-likeness (QED) is 0.577. The fraction of sp³-hybridized carbons (Fsp3) is 0.0909. The van der Waals surface area contributed by atoms with Gasteiger partial charge in [-0.15, -0.1) is 22.9 Å². The van der Waals surface area contributed by atoms with Crippen molar-refractivity contribution in [1.82, 2.24) is 0 Å². The fourth-order valence-electron chi connectivity index (χ4n) is 1.40. The molecule has 0 nitrogen and oxygen atoms in total. The van der Waals surface area contributed by atoms with Crippen molar-refractivity contribution in [3.05, 3.63) is 54.9 Å². The first-order valence-electron chi connectivity index (χ1n) is 4.53. The molecule has 2 rings (SSSR count). The molecule has 0 bridgehead atoms. The molecule has 1 aromatic carbocycles. The van der Waals surface area contributed by atoms with Crippen LogP contribution < -0.4 is 0 Å². The molecule has 0 saturated heterocycles. The highest BCUT2D eigenvalue weighted by atomic mass is 35.5. The Morgan fingerprint density at radius 1 is 1.06 bits per heavy atom. The molecule has 0 aliphatic heterocycles. The summed E-state index contributed by atoms with van der Waals surface area (Å²) in [4.78, 5) is 0. The molecule has 1 aromatic heterocycles. The van der Waals surface area contributed by atoms with Crippen LogP contribution in [0.1, 0.15) is 16.5 Å². The second kappa shape index (κ2) is 5.33. The van der Waals surface area contributed by atoms with Crippen LogP contribution in [0.5, 0.6) is 0 Å². The predicted octanol–water partition coefficient (Wildman–Crippen LogP) is 6.18. The van der Waals surface area contributed by atoms with Crippen molar-refractivity contribution in [2.45, 2.75) is 5.38 Å². The van der Waals surface area contributed by atoms with Gasteiger partial charge in [0, 0.05) is 16.1 Å². The maximum absolute atomic E-state index is 13.7. The third kappa shape index (κ3) is 2.88. The first-order chi connectivity index (χ1) is 7.99. The number of hydrogen-bond donors (Lipinski definition) is 0. The molecule has 90 valence electrons. The molecule has 17 heavy (non-hydrogen) atoms. The third-order valence-electron chi connectivity index (χ3n) is 2.19. The smallest absolute Gasteiger partial charge is 0.129 e. The van der Waals surface area contributed by atoms with Crippen molar-refractivity contribution >= 4 is 57.7 Å². The molecule has 1 heterocycles. The molecule has 0 aliphatic rings. The summed E-state index contributed by atoms with van der Waals surface area (Å²) >= 11 is 24.9. The second-order valence-electron chi connectivity index (χ2n) is 3.31. The highest BCUT2D eigenvalue weighted by Gasteiger charge is 2.20. The van der Waals surface area contributed by atoms with Crippen LogP contribution in [0.4, 0.5) is 4.39 Å². The Morgan fingerprint density at radius 2 is 1.76 bits per heavy atom. The van der Waals surface area contributed by atoms with E-state index < -0.39 is 11.2 Å². The Kier molecular flexibility index (Phi) is 4.22. The lowest BCUT2D eigenvalue weighted by atomic mass is 10.1. The van der Waals surface area contributed by atoms with E-state index in [1.165, 1.54) is 23.5 Å². The summed E-state index contributed by atoms with van der Waals surface area (Å²) in [5, 5.41) is -0.354. The predicted molar refractivity (Wildman–Crippen MR) is 73.4 cm³/mol. The van der Waals surface area contributed by atoms with E-state index in [2.05, 4.69) is 0 Å². The SMILES string of the molecule is Fc1cc(Cl)ccc1C(Cl)c1cc(Cl)sc1Cl. The summed E-state index contributed by atoms with van der Waals surface area (Å²) in [5.41, 5.74) is 0.928. The monoisotopic (exact) mass is 328 g/mol. The number of alkyl halides is 1. The normalized spacial score (nSPS) is 12.8. The molecular weight excluding hydrogens is 325 g/mol. The van der Waals surface area contributed by atoms with Gasteiger partial charge in [0.2, 0.25) is 0 Å². The molecular formula is C11H5Cl4FS. The van der Waals surface area contributed by atoms with Gasteiger partial charge in [-0.2, -0.15) is 0 Å². The molecule has 1 unspecified atom stereocenters. The highest BCUT2D eigenvalue weighted by Crippen LogP contribution is 2.41. The third-order valence-corrected chi connectivity index (χ3v) is 4.41. The lowest BCUT2D eigenvalue weighted by Crippen LogP contribution is -1.96. The average Bonchev–Trinajstić information content (AvgIpc) is 2.57. The van der Waals surface area contributed by atoms with Gasteiger partial charge in [0.25, 0.3) is 0 Å². The zero-order valence-electron chi connectivity index (χ0n) is 8.18. The first kappa shape index (κ1) is 13.4. The van der Waals surface area contributed by atoms with Crippen molar-refractivity contribution in [3.8, 4) is 0 Å². The summed E-state index contributed by atoms with van der Waals surface area (Å²) in [6.07, 6.45) is 0. The van der Waals surface area contributed by atoms with Gasteiger partial charge in [0.15, 0.2) is 0 Å². The molecule has 0 radical (unpaired) electrons. The van der Waals surface area contributed by atoms with E-state index in [1.807, 2.05) is 0 Å². The van der Waals surface area contributed by atoms with Crippen LogP contribution in [0.3, 0.4) is 0 Å². The molecule has 0 fully saturated rings. The topological polar surface area (TPSA) is 0 Å². The van der Waals surface area contributed by atoms with Gasteiger partial charge in [-0.3, -0.25) is 0 Å². The van der Waals surface area contributed by atoms with E-state index in [0.717, 1.165) is 0 Å². The second-order valence-corrected chi connectivity index (χ2v) is 6.47. The lowest BCUT2D eigenvalue weighted by molar-refractivity contribution is 0.612. The maximum atomic E-state index is 13.7. The number of rotatable bonds is 2. The number of hydrogen-bond acceptors (Lipinski definition) is 1. The van der Waals surface area contributed by atoms with Crippen LogP contribution >= 0.6 is 57.7 Å². The molecule has 0 N–H and O–H groups in total. The van der Waals surface area contributed by atoms with E-state index in [4.69, 9.17) is 46.4 Å². The van der Waals surface area contributed by atoms with Crippen molar-refractivity contribution in [1.29, 1.82) is 0 Å². The molecule has 6 heteroatoms. The fourth-order valence-corrected chi connectivity index (χ4v) is 3.56. The number of halogens is 5. The summed E-state index contributed by atoms with van der Waals surface area (Å²) < 4.78 is 14.7. The summed E-state index contributed by atoms with van der Waals surface area (Å²) in [7, 11) is 0. The van der Waals surface area contributed by atoms with Gasteiger partial charge in [0.1, 0.15) is 5.82 Å². The Balaban J connectivity index is 2.43. The van der Waals surface area contributed by atoms with Gasteiger partial charge in [-0.1, -0.05) is 40.9 Å². The van der Waals surface area contributed by atoms with Gasteiger partial charge >= 0.3 is 0 Å². The van der Waals surface area contributed by atoms with Gasteiger partial charge in [-0.05, 0) is 18.2 Å². The van der Waals surface area contributed by atoms with Crippen LogP contribution in [0.25, 0.3) is 0 Å². The Labute approximate surface area is 122 Å². The molecule has 1 atom stereocenters. The van der Waals surface area contributed by atoms with Crippen molar-refractivity contribution in [2.75, 3.05) is 0 Å². The average molecular weight is 330 g/mol. The minimum atomic E-state index is -0.677. The number of benzene rings is 1. The Bertz CT molecular complexity index is 552. The zero-order chi connectivity index (χ0) is 12.6. The lowest BCUT2D eigenvalue weighted by Gasteiger charge is -2.10. The molecule has 0 spiro atoms. The van der Waals surface area contributed by atoms with Crippen molar-refractivity contribution in [2.24, 2.45) is 0 Å².